The highest BCUT2D eigenvalue weighted by molar-refractivity contribution is 7.80. The molecule has 0 unspecified atom stereocenters. The monoisotopic (exact) mass is 474 g/mol. The molecule has 7 nitrogen and oxygen atoms in total. The Labute approximate surface area is 204 Å². The van der Waals surface area contributed by atoms with Crippen molar-refractivity contribution >= 4 is 46.6 Å². The van der Waals surface area contributed by atoms with Gasteiger partial charge in [0, 0.05) is 36.9 Å². The Kier molecular flexibility index (Phi) is 6.26. The highest BCUT2D eigenvalue weighted by Crippen LogP contribution is 2.31. The normalized spacial score (nSPS) is 15.0. The van der Waals surface area contributed by atoms with E-state index < -0.39 is 11.8 Å². The molecule has 0 saturated carbocycles. The number of amides is 2. The van der Waals surface area contributed by atoms with Crippen LogP contribution in [0.2, 0.25) is 0 Å². The van der Waals surface area contributed by atoms with Crippen molar-refractivity contribution in [2.24, 2.45) is 0 Å². The lowest BCUT2D eigenvalue weighted by Gasteiger charge is -2.29. The Hall–Kier alpha value is -3.91. The number of aryl methyl sites for hydroxylation is 1. The minimum Gasteiger partial charge on any atom is -0.495 e. The first-order valence-corrected chi connectivity index (χ1v) is 11.1. The Balaban J connectivity index is 1.75. The highest BCUT2D eigenvalue weighted by atomic mass is 32.1. The molecule has 1 saturated heterocycles. The molecule has 4 rings (SSSR count). The summed E-state index contributed by atoms with van der Waals surface area (Å²) in [6, 6.07) is 17.2. The molecule has 0 spiro atoms. The average Bonchev–Trinajstić information content (AvgIpc) is 3.09. The third-order valence-electron chi connectivity index (χ3n) is 5.82. The topological polar surface area (TPSA) is 66.8 Å². The van der Waals surface area contributed by atoms with E-state index >= 15 is 0 Å². The molecule has 0 bridgehead atoms. The maximum absolute atomic E-state index is 13.4. The van der Waals surface area contributed by atoms with Crippen molar-refractivity contribution in [2.75, 3.05) is 31.0 Å². The fourth-order valence-electron chi connectivity index (χ4n) is 4.08. The van der Waals surface area contributed by atoms with Gasteiger partial charge in [0.15, 0.2) is 5.11 Å². The number of aromatic nitrogens is 1. The molecule has 2 aromatic carbocycles. The predicted octanol–water partition coefficient (Wildman–Crippen LogP) is 4.00. The number of thiocarbonyl (C=S) groups is 1. The van der Waals surface area contributed by atoms with Crippen LogP contribution in [0, 0.1) is 13.8 Å². The van der Waals surface area contributed by atoms with E-state index in [0.717, 1.165) is 28.3 Å². The van der Waals surface area contributed by atoms with Gasteiger partial charge in [0.2, 0.25) is 0 Å². The average molecular weight is 475 g/mol. The van der Waals surface area contributed by atoms with Gasteiger partial charge in [-0.1, -0.05) is 12.1 Å². The van der Waals surface area contributed by atoms with E-state index in [4.69, 9.17) is 17.0 Å². The van der Waals surface area contributed by atoms with Gasteiger partial charge < -0.3 is 14.2 Å². The van der Waals surface area contributed by atoms with Gasteiger partial charge in [-0.15, -0.1) is 0 Å². The second kappa shape index (κ2) is 9.15. The molecule has 34 heavy (non-hydrogen) atoms. The molecule has 0 aliphatic carbocycles. The van der Waals surface area contributed by atoms with Crippen LogP contribution in [-0.2, 0) is 9.59 Å². The van der Waals surface area contributed by atoms with Gasteiger partial charge in [0.1, 0.15) is 11.3 Å². The zero-order chi connectivity index (χ0) is 24.6. The first-order chi connectivity index (χ1) is 16.2. The summed E-state index contributed by atoms with van der Waals surface area (Å²) in [5.41, 5.74) is 5.26. The predicted molar refractivity (Wildman–Crippen MR) is 139 cm³/mol. The Morgan fingerprint density at radius 3 is 2.35 bits per heavy atom. The Morgan fingerprint density at radius 1 is 1.03 bits per heavy atom. The Morgan fingerprint density at radius 2 is 1.71 bits per heavy atom. The SMILES string of the molecule is COc1ccccc1N1C(=O)/C(=C/c2cc(C)n(-c3ccc(N(C)C)cc3)c2C)C(=O)NC1=S. The van der Waals surface area contributed by atoms with E-state index in [-0.39, 0.29) is 10.7 Å². The summed E-state index contributed by atoms with van der Waals surface area (Å²) in [5, 5.41) is 2.65. The smallest absolute Gasteiger partial charge is 0.270 e. The van der Waals surface area contributed by atoms with E-state index in [9.17, 15) is 9.59 Å². The van der Waals surface area contributed by atoms with E-state index in [1.807, 2.05) is 51.0 Å². The molecule has 8 heteroatoms. The minimum atomic E-state index is -0.527. The number of nitrogens with one attached hydrogen (secondary N) is 1. The number of para-hydroxylation sites is 2. The lowest BCUT2D eigenvalue weighted by molar-refractivity contribution is -0.122. The quantitative estimate of drug-likeness (QED) is 0.344. The van der Waals surface area contributed by atoms with Crippen molar-refractivity contribution in [3.63, 3.8) is 0 Å². The van der Waals surface area contributed by atoms with Crippen LogP contribution < -0.4 is 19.9 Å². The van der Waals surface area contributed by atoms with E-state index in [1.54, 1.807) is 30.3 Å². The summed E-state index contributed by atoms with van der Waals surface area (Å²) >= 11 is 5.31. The fraction of sp³-hybridized carbons (Fsp3) is 0.192. The number of carbonyl (C=O) groups excluding carboxylic acids is 2. The van der Waals surface area contributed by atoms with Crippen LogP contribution in [0.5, 0.6) is 5.75 Å². The zero-order valence-electron chi connectivity index (χ0n) is 19.7. The van der Waals surface area contributed by atoms with Crippen molar-refractivity contribution in [3.05, 3.63) is 77.1 Å². The van der Waals surface area contributed by atoms with E-state index in [0.29, 0.717) is 11.4 Å². The van der Waals surface area contributed by atoms with Gasteiger partial charge in [-0.05, 0) is 80.2 Å². The largest absolute Gasteiger partial charge is 0.495 e. The number of nitrogens with zero attached hydrogens (tertiary/aromatic N) is 3. The molecule has 1 N–H and O–H groups in total. The minimum absolute atomic E-state index is 0.00251. The van der Waals surface area contributed by atoms with Crippen LogP contribution in [0.1, 0.15) is 17.0 Å². The van der Waals surface area contributed by atoms with Crippen molar-refractivity contribution in [1.82, 2.24) is 9.88 Å². The molecule has 1 fully saturated rings. The summed E-state index contributed by atoms with van der Waals surface area (Å²) in [6.45, 7) is 3.96. The number of anilines is 2. The van der Waals surface area contributed by atoms with Gasteiger partial charge in [-0.3, -0.25) is 14.9 Å². The number of hydrogen-bond donors (Lipinski definition) is 1. The van der Waals surface area contributed by atoms with Crippen LogP contribution in [0.25, 0.3) is 11.8 Å². The van der Waals surface area contributed by atoms with Crippen LogP contribution in [-0.4, -0.2) is 42.7 Å². The summed E-state index contributed by atoms with van der Waals surface area (Å²) in [4.78, 5) is 29.5. The standard InChI is InChI=1S/C26H26N4O3S/c1-16-14-18(17(2)29(16)20-12-10-19(11-13-20)28(3)4)15-21-24(31)27-26(34)30(25(21)32)22-8-6-7-9-23(22)33-5/h6-15H,1-5H3,(H,27,31,34)/b21-15+. The van der Waals surface area contributed by atoms with Crippen LogP contribution in [0.4, 0.5) is 11.4 Å². The molecule has 3 aromatic rings. The molecule has 2 amide bonds. The molecule has 0 atom stereocenters. The van der Waals surface area contributed by atoms with Crippen LogP contribution >= 0.6 is 12.2 Å². The van der Waals surface area contributed by atoms with Gasteiger partial charge in [0.25, 0.3) is 11.8 Å². The highest BCUT2D eigenvalue weighted by Gasteiger charge is 2.36. The first kappa shape index (κ1) is 23.3. The second-order valence-corrected chi connectivity index (χ2v) is 8.59. The second-order valence-electron chi connectivity index (χ2n) is 8.20. The number of carbonyl (C=O) groups is 2. The molecule has 1 aliphatic rings. The summed E-state index contributed by atoms with van der Waals surface area (Å²) in [6.07, 6.45) is 1.62. The van der Waals surface area contributed by atoms with Crippen LogP contribution in [0.15, 0.2) is 60.2 Å². The molecule has 1 aromatic heterocycles. The zero-order valence-corrected chi connectivity index (χ0v) is 20.6. The molecule has 0 radical (unpaired) electrons. The summed E-state index contributed by atoms with van der Waals surface area (Å²) in [7, 11) is 5.51. The van der Waals surface area contributed by atoms with Crippen LogP contribution in [0.3, 0.4) is 0 Å². The van der Waals surface area contributed by atoms with Crippen molar-refractivity contribution in [3.8, 4) is 11.4 Å². The third-order valence-corrected chi connectivity index (χ3v) is 6.11. The molecule has 174 valence electrons. The van der Waals surface area contributed by atoms with Crippen molar-refractivity contribution in [2.45, 2.75) is 13.8 Å². The lowest BCUT2D eigenvalue weighted by Crippen LogP contribution is -2.54. The Bertz CT molecular complexity index is 1320. The van der Waals surface area contributed by atoms with Gasteiger partial charge in [0.05, 0.1) is 12.8 Å². The van der Waals surface area contributed by atoms with E-state index in [2.05, 4.69) is 22.0 Å². The van der Waals surface area contributed by atoms with Crippen molar-refractivity contribution < 1.29 is 14.3 Å². The molecule has 2 heterocycles. The summed E-state index contributed by atoms with van der Waals surface area (Å²) in [5.74, 6) is -0.548. The number of benzene rings is 2. The number of methoxy groups -OCH3 is 1. The van der Waals surface area contributed by atoms with Gasteiger partial charge >= 0.3 is 0 Å². The lowest BCUT2D eigenvalue weighted by atomic mass is 10.1. The van der Waals surface area contributed by atoms with Crippen molar-refractivity contribution in [1.29, 1.82) is 0 Å². The maximum atomic E-state index is 13.4. The fourth-order valence-corrected chi connectivity index (χ4v) is 4.35. The molecule has 1 aliphatic heterocycles. The number of hydrogen-bond acceptors (Lipinski definition) is 5. The maximum Gasteiger partial charge on any atom is 0.270 e. The van der Waals surface area contributed by atoms with Gasteiger partial charge in [-0.2, -0.15) is 0 Å². The molecular weight excluding hydrogens is 448 g/mol. The third kappa shape index (κ3) is 4.08. The molecular formula is C26H26N4O3S. The number of ether oxygens (including phenoxy) is 1. The van der Waals surface area contributed by atoms with Gasteiger partial charge in [-0.25, -0.2) is 4.90 Å². The van der Waals surface area contributed by atoms with E-state index in [1.165, 1.54) is 12.0 Å². The summed E-state index contributed by atoms with van der Waals surface area (Å²) < 4.78 is 7.49. The number of rotatable bonds is 5. The first-order valence-electron chi connectivity index (χ1n) is 10.7.